The van der Waals surface area contributed by atoms with Gasteiger partial charge in [-0.1, -0.05) is 24.3 Å². The molecule has 0 atom stereocenters. The Bertz CT molecular complexity index is 370. The summed E-state index contributed by atoms with van der Waals surface area (Å²) in [7, 11) is 0. The Morgan fingerprint density at radius 3 is 2.71 bits per heavy atom. The Morgan fingerprint density at radius 1 is 1.35 bits per heavy atom. The third-order valence-electron chi connectivity index (χ3n) is 3.52. The van der Waals surface area contributed by atoms with Crippen LogP contribution in [0.15, 0.2) is 24.3 Å². The number of carbonyl (C=O) groups is 1. The molecule has 0 bridgehead atoms. The molecule has 1 fully saturated rings. The van der Waals surface area contributed by atoms with E-state index in [2.05, 4.69) is 36.5 Å². The number of benzene rings is 1. The van der Waals surface area contributed by atoms with Crippen LogP contribution < -0.4 is 5.32 Å². The van der Waals surface area contributed by atoms with E-state index < -0.39 is 0 Å². The lowest BCUT2D eigenvalue weighted by Gasteiger charge is -2.30. The Hall–Kier alpha value is -1.35. The van der Waals surface area contributed by atoms with Gasteiger partial charge in [0.05, 0.1) is 0 Å². The minimum atomic E-state index is 0.547. The number of aryl methyl sites for hydroxylation is 1. The van der Waals surface area contributed by atoms with Crippen LogP contribution in [-0.4, -0.2) is 30.4 Å². The van der Waals surface area contributed by atoms with Crippen molar-refractivity contribution >= 4 is 6.41 Å². The van der Waals surface area contributed by atoms with Crippen molar-refractivity contribution in [3.63, 3.8) is 0 Å². The van der Waals surface area contributed by atoms with Crippen molar-refractivity contribution in [3.8, 4) is 0 Å². The summed E-state index contributed by atoms with van der Waals surface area (Å²) in [4.78, 5) is 12.4. The molecule has 3 nitrogen and oxygen atoms in total. The SMILES string of the molecule is Cc1ccccc1CNC1CCN(C=O)CC1. The summed E-state index contributed by atoms with van der Waals surface area (Å²) in [5.41, 5.74) is 2.70. The zero-order chi connectivity index (χ0) is 12.1. The van der Waals surface area contributed by atoms with Crippen LogP contribution >= 0.6 is 0 Å². The second-order valence-corrected chi connectivity index (χ2v) is 4.72. The van der Waals surface area contributed by atoms with Crippen molar-refractivity contribution in [2.75, 3.05) is 13.1 Å². The Morgan fingerprint density at radius 2 is 2.06 bits per heavy atom. The van der Waals surface area contributed by atoms with E-state index in [4.69, 9.17) is 0 Å². The van der Waals surface area contributed by atoms with Gasteiger partial charge in [-0.05, 0) is 30.9 Å². The molecular formula is C14H20N2O. The van der Waals surface area contributed by atoms with Crippen LogP contribution in [0.3, 0.4) is 0 Å². The smallest absolute Gasteiger partial charge is 0.209 e. The molecule has 1 amide bonds. The average Bonchev–Trinajstić information content (AvgIpc) is 2.38. The molecule has 0 unspecified atom stereocenters. The van der Waals surface area contributed by atoms with Crippen molar-refractivity contribution < 1.29 is 4.79 Å². The van der Waals surface area contributed by atoms with E-state index in [0.29, 0.717) is 6.04 Å². The van der Waals surface area contributed by atoms with Gasteiger partial charge in [0.2, 0.25) is 6.41 Å². The topological polar surface area (TPSA) is 32.3 Å². The number of piperidine rings is 1. The van der Waals surface area contributed by atoms with E-state index in [1.807, 2.05) is 4.90 Å². The highest BCUT2D eigenvalue weighted by atomic mass is 16.1. The normalized spacial score (nSPS) is 17.1. The van der Waals surface area contributed by atoms with Gasteiger partial charge in [0.1, 0.15) is 0 Å². The highest BCUT2D eigenvalue weighted by Gasteiger charge is 2.17. The van der Waals surface area contributed by atoms with E-state index in [0.717, 1.165) is 38.9 Å². The first-order chi connectivity index (χ1) is 8.29. The van der Waals surface area contributed by atoms with E-state index in [-0.39, 0.29) is 0 Å². The van der Waals surface area contributed by atoms with Gasteiger partial charge in [0.15, 0.2) is 0 Å². The Kier molecular flexibility index (Phi) is 4.15. The van der Waals surface area contributed by atoms with Crippen molar-refractivity contribution in [2.45, 2.75) is 32.4 Å². The molecule has 0 radical (unpaired) electrons. The van der Waals surface area contributed by atoms with Gasteiger partial charge in [-0.15, -0.1) is 0 Å². The number of hydrogen-bond acceptors (Lipinski definition) is 2. The summed E-state index contributed by atoms with van der Waals surface area (Å²) in [5, 5.41) is 3.58. The van der Waals surface area contributed by atoms with Crippen molar-refractivity contribution in [3.05, 3.63) is 35.4 Å². The van der Waals surface area contributed by atoms with E-state index in [1.165, 1.54) is 11.1 Å². The standard InChI is InChI=1S/C14H20N2O/c1-12-4-2-3-5-13(12)10-15-14-6-8-16(11-17)9-7-14/h2-5,11,14-15H,6-10H2,1H3. The molecule has 1 aromatic carbocycles. The summed E-state index contributed by atoms with van der Waals surface area (Å²) in [6.07, 6.45) is 3.08. The van der Waals surface area contributed by atoms with Crippen LogP contribution in [0.5, 0.6) is 0 Å². The number of nitrogens with one attached hydrogen (secondary N) is 1. The van der Waals surface area contributed by atoms with Crippen LogP contribution in [0.1, 0.15) is 24.0 Å². The molecule has 1 N–H and O–H groups in total. The first kappa shape index (κ1) is 12.1. The molecule has 0 saturated carbocycles. The van der Waals surface area contributed by atoms with Crippen LogP contribution in [0, 0.1) is 6.92 Å². The lowest BCUT2D eigenvalue weighted by atomic mass is 10.0. The fourth-order valence-corrected chi connectivity index (χ4v) is 2.27. The second-order valence-electron chi connectivity index (χ2n) is 4.72. The van der Waals surface area contributed by atoms with Crippen molar-refractivity contribution in [1.82, 2.24) is 10.2 Å². The molecule has 3 heteroatoms. The molecular weight excluding hydrogens is 212 g/mol. The fourth-order valence-electron chi connectivity index (χ4n) is 2.27. The molecule has 1 aliphatic heterocycles. The number of hydrogen-bond donors (Lipinski definition) is 1. The summed E-state index contributed by atoms with van der Waals surface area (Å²) >= 11 is 0. The third-order valence-corrected chi connectivity index (χ3v) is 3.52. The molecule has 0 aromatic heterocycles. The Labute approximate surface area is 103 Å². The van der Waals surface area contributed by atoms with Gasteiger partial charge in [-0.2, -0.15) is 0 Å². The highest BCUT2D eigenvalue weighted by Crippen LogP contribution is 2.11. The molecule has 1 saturated heterocycles. The molecule has 92 valence electrons. The number of likely N-dealkylation sites (tertiary alicyclic amines) is 1. The summed E-state index contributed by atoms with van der Waals surface area (Å²) in [5.74, 6) is 0. The predicted molar refractivity (Wildman–Crippen MR) is 68.7 cm³/mol. The van der Waals surface area contributed by atoms with Crippen LogP contribution in [-0.2, 0) is 11.3 Å². The molecule has 2 rings (SSSR count). The zero-order valence-electron chi connectivity index (χ0n) is 10.4. The predicted octanol–water partition coefficient (Wildman–Crippen LogP) is 1.71. The number of nitrogens with zero attached hydrogens (tertiary/aromatic N) is 1. The van der Waals surface area contributed by atoms with Crippen molar-refractivity contribution in [2.24, 2.45) is 0 Å². The lowest BCUT2D eigenvalue weighted by Crippen LogP contribution is -2.41. The molecule has 17 heavy (non-hydrogen) atoms. The molecule has 0 aliphatic carbocycles. The maximum atomic E-state index is 10.6. The number of rotatable bonds is 4. The monoisotopic (exact) mass is 232 g/mol. The Balaban J connectivity index is 1.80. The molecule has 1 aromatic rings. The fraction of sp³-hybridized carbons (Fsp3) is 0.500. The molecule has 0 spiro atoms. The first-order valence-corrected chi connectivity index (χ1v) is 6.27. The van der Waals surface area contributed by atoms with Crippen LogP contribution in [0.4, 0.5) is 0 Å². The van der Waals surface area contributed by atoms with Gasteiger partial charge in [0.25, 0.3) is 0 Å². The van der Waals surface area contributed by atoms with Crippen LogP contribution in [0.25, 0.3) is 0 Å². The lowest BCUT2D eigenvalue weighted by molar-refractivity contribution is -0.119. The maximum Gasteiger partial charge on any atom is 0.209 e. The summed E-state index contributed by atoms with van der Waals surface area (Å²) < 4.78 is 0. The van der Waals surface area contributed by atoms with Crippen LogP contribution in [0.2, 0.25) is 0 Å². The van der Waals surface area contributed by atoms with Gasteiger partial charge in [-0.25, -0.2) is 0 Å². The minimum Gasteiger partial charge on any atom is -0.345 e. The van der Waals surface area contributed by atoms with E-state index >= 15 is 0 Å². The zero-order valence-corrected chi connectivity index (χ0v) is 10.4. The van der Waals surface area contributed by atoms with Gasteiger partial charge in [-0.3, -0.25) is 4.79 Å². The van der Waals surface area contributed by atoms with Gasteiger partial charge in [0, 0.05) is 25.7 Å². The van der Waals surface area contributed by atoms with E-state index in [9.17, 15) is 4.79 Å². The number of carbonyl (C=O) groups excluding carboxylic acids is 1. The third kappa shape index (κ3) is 3.30. The van der Waals surface area contributed by atoms with E-state index in [1.54, 1.807) is 0 Å². The maximum absolute atomic E-state index is 10.6. The largest absolute Gasteiger partial charge is 0.345 e. The van der Waals surface area contributed by atoms with Gasteiger partial charge < -0.3 is 10.2 Å². The minimum absolute atomic E-state index is 0.547. The highest BCUT2D eigenvalue weighted by molar-refractivity contribution is 5.47. The first-order valence-electron chi connectivity index (χ1n) is 6.27. The second kappa shape index (κ2) is 5.82. The molecule has 1 aliphatic rings. The summed E-state index contributed by atoms with van der Waals surface area (Å²) in [6.45, 7) is 4.84. The van der Waals surface area contributed by atoms with Crippen molar-refractivity contribution in [1.29, 1.82) is 0 Å². The number of amides is 1. The molecule has 1 heterocycles. The average molecular weight is 232 g/mol. The summed E-state index contributed by atoms with van der Waals surface area (Å²) in [6, 6.07) is 9.01. The quantitative estimate of drug-likeness (QED) is 0.801. The van der Waals surface area contributed by atoms with Gasteiger partial charge >= 0.3 is 0 Å².